The molecular weight excluding hydrogens is 324 g/mol. The van der Waals surface area contributed by atoms with Crippen molar-refractivity contribution in [2.75, 3.05) is 45.0 Å². The van der Waals surface area contributed by atoms with Crippen LogP contribution >= 0.6 is 0 Å². The Morgan fingerprint density at radius 2 is 1.50 bits per heavy atom. The fourth-order valence-electron chi connectivity index (χ4n) is 3.50. The van der Waals surface area contributed by atoms with Gasteiger partial charge in [-0.15, -0.1) is 0 Å². The van der Waals surface area contributed by atoms with Gasteiger partial charge in [0.25, 0.3) is 10.2 Å². The Kier molecular flexibility index (Phi) is 5.76. The lowest BCUT2D eigenvalue weighted by Crippen LogP contribution is -2.52. The maximum absolute atomic E-state index is 12.8. The first kappa shape index (κ1) is 17.7. The lowest BCUT2D eigenvalue weighted by molar-refractivity contribution is 0.175. The predicted octanol–water partition coefficient (Wildman–Crippen LogP) is 1.51. The molecule has 0 bridgehead atoms. The fraction of sp³-hybridized carbons (Fsp3) is 0.647. The summed E-state index contributed by atoms with van der Waals surface area (Å²) in [6.07, 6.45) is 4.24. The molecule has 0 unspecified atom stereocenters. The summed E-state index contributed by atoms with van der Waals surface area (Å²) >= 11 is 0. The molecule has 0 radical (unpaired) electrons. The highest BCUT2D eigenvalue weighted by atomic mass is 32.2. The molecule has 0 saturated carbocycles. The van der Waals surface area contributed by atoms with Crippen LogP contribution in [-0.2, 0) is 16.8 Å². The number of anilines is 1. The van der Waals surface area contributed by atoms with Crippen molar-refractivity contribution in [1.29, 1.82) is 0 Å². The van der Waals surface area contributed by atoms with Crippen molar-refractivity contribution in [2.24, 2.45) is 0 Å². The number of hydrogen-bond acceptors (Lipinski definition) is 4. The van der Waals surface area contributed by atoms with Crippen LogP contribution in [0.3, 0.4) is 0 Å². The average molecular weight is 353 g/mol. The minimum absolute atomic E-state index is 0.571. The number of nitrogen functional groups attached to an aromatic ring is 1. The van der Waals surface area contributed by atoms with Crippen LogP contribution in [0.2, 0.25) is 0 Å². The van der Waals surface area contributed by atoms with Gasteiger partial charge in [0.15, 0.2) is 0 Å². The summed E-state index contributed by atoms with van der Waals surface area (Å²) in [5.41, 5.74) is 7.78. The topological polar surface area (TPSA) is 69.9 Å². The molecule has 1 aromatic rings. The zero-order valence-corrected chi connectivity index (χ0v) is 15.0. The Balaban J connectivity index is 1.56. The largest absolute Gasteiger partial charge is 0.399 e. The fourth-order valence-corrected chi connectivity index (χ4v) is 5.17. The number of benzene rings is 1. The maximum Gasteiger partial charge on any atom is 0.282 e. The molecule has 0 aliphatic carbocycles. The van der Waals surface area contributed by atoms with E-state index < -0.39 is 10.2 Å². The number of nitrogens with two attached hydrogens (primary N) is 1. The normalized spacial score (nSPS) is 22.3. The molecule has 2 heterocycles. The van der Waals surface area contributed by atoms with E-state index in [9.17, 15) is 8.42 Å². The number of piperazine rings is 1. The second-order valence-electron chi connectivity index (χ2n) is 6.74. The third-order valence-electron chi connectivity index (χ3n) is 4.91. The summed E-state index contributed by atoms with van der Waals surface area (Å²) in [5, 5.41) is 0. The second-order valence-corrected chi connectivity index (χ2v) is 8.67. The van der Waals surface area contributed by atoms with Crippen molar-refractivity contribution in [3.8, 4) is 0 Å². The lowest BCUT2D eigenvalue weighted by Gasteiger charge is -2.36. The molecule has 2 fully saturated rings. The van der Waals surface area contributed by atoms with Gasteiger partial charge >= 0.3 is 0 Å². The third kappa shape index (κ3) is 4.27. The summed E-state index contributed by atoms with van der Waals surface area (Å²) in [4.78, 5) is 2.29. The van der Waals surface area contributed by atoms with Crippen LogP contribution in [0.25, 0.3) is 0 Å². The SMILES string of the molecule is Nc1cccc(CN2CCN(S(=O)(=O)N3CCCCCC3)CC2)c1. The van der Waals surface area contributed by atoms with Gasteiger partial charge in [0.2, 0.25) is 0 Å². The van der Waals surface area contributed by atoms with E-state index in [0.717, 1.165) is 51.0 Å². The summed E-state index contributed by atoms with van der Waals surface area (Å²) in [5.74, 6) is 0. The van der Waals surface area contributed by atoms with E-state index in [4.69, 9.17) is 5.73 Å². The Labute approximate surface area is 145 Å². The smallest absolute Gasteiger partial charge is 0.282 e. The van der Waals surface area contributed by atoms with Crippen LogP contribution in [0.5, 0.6) is 0 Å². The summed E-state index contributed by atoms with van der Waals surface area (Å²) < 4.78 is 29.0. The highest BCUT2D eigenvalue weighted by Gasteiger charge is 2.32. The van der Waals surface area contributed by atoms with Crippen LogP contribution in [0, 0.1) is 0 Å². The van der Waals surface area contributed by atoms with Gasteiger partial charge in [-0.2, -0.15) is 17.0 Å². The van der Waals surface area contributed by atoms with E-state index >= 15 is 0 Å². The van der Waals surface area contributed by atoms with Gasteiger partial charge in [-0.1, -0.05) is 25.0 Å². The van der Waals surface area contributed by atoms with Gasteiger partial charge in [0.05, 0.1) is 0 Å². The van der Waals surface area contributed by atoms with Crippen molar-refractivity contribution in [3.63, 3.8) is 0 Å². The first-order valence-corrected chi connectivity index (χ1v) is 10.3. The molecule has 1 aromatic carbocycles. The van der Waals surface area contributed by atoms with Crippen LogP contribution < -0.4 is 5.73 Å². The van der Waals surface area contributed by atoms with Gasteiger partial charge in [-0.25, -0.2) is 0 Å². The van der Waals surface area contributed by atoms with E-state index in [2.05, 4.69) is 11.0 Å². The zero-order chi connectivity index (χ0) is 17.0. The average Bonchev–Trinajstić information content (AvgIpc) is 2.85. The predicted molar refractivity (Wildman–Crippen MR) is 96.7 cm³/mol. The Bertz CT molecular complexity index is 634. The quantitative estimate of drug-likeness (QED) is 0.834. The molecule has 2 aliphatic heterocycles. The minimum atomic E-state index is -3.29. The van der Waals surface area contributed by atoms with E-state index in [1.54, 1.807) is 8.61 Å². The Morgan fingerprint density at radius 1 is 0.875 bits per heavy atom. The van der Waals surface area contributed by atoms with Gasteiger partial charge in [0, 0.05) is 51.5 Å². The Morgan fingerprint density at radius 3 is 2.12 bits per heavy atom. The van der Waals surface area contributed by atoms with Crippen molar-refractivity contribution in [2.45, 2.75) is 32.2 Å². The van der Waals surface area contributed by atoms with E-state index in [1.165, 1.54) is 5.56 Å². The molecule has 134 valence electrons. The van der Waals surface area contributed by atoms with Crippen LogP contribution in [0.1, 0.15) is 31.2 Å². The molecule has 3 rings (SSSR count). The van der Waals surface area contributed by atoms with Crippen LogP contribution in [0.4, 0.5) is 5.69 Å². The molecule has 0 amide bonds. The van der Waals surface area contributed by atoms with Crippen molar-refractivity contribution >= 4 is 15.9 Å². The molecule has 24 heavy (non-hydrogen) atoms. The van der Waals surface area contributed by atoms with Gasteiger partial charge < -0.3 is 5.73 Å². The molecule has 2 saturated heterocycles. The highest BCUT2D eigenvalue weighted by molar-refractivity contribution is 7.86. The molecule has 6 nitrogen and oxygen atoms in total. The van der Waals surface area contributed by atoms with E-state index in [0.29, 0.717) is 26.2 Å². The monoisotopic (exact) mass is 352 g/mol. The molecule has 0 spiro atoms. The summed E-state index contributed by atoms with van der Waals surface area (Å²) in [6, 6.07) is 7.90. The number of nitrogens with zero attached hydrogens (tertiary/aromatic N) is 3. The van der Waals surface area contributed by atoms with Crippen molar-refractivity contribution in [3.05, 3.63) is 29.8 Å². The summed E-state index contributed by atoms with van der Waals surface area (Å²) in [6.45, 7) is 4.84. The number of hydrogen-bond donors (Lipinski definition) is 1. The summed E-state index contributed by atoms with van der Waals surface area (Å²) in [7, 11) is -3.29. The zero-order valence-electron chi connectivity index (χ0n) is 14.2. The first-order valence-electron chi connectivity index (χ1n) is 8.88. The van der Waals surface area contributed by atoms with Crippen molar-refractivity contribution in [1.82, 2.24) is 13.5 Å². The number of rotatable bonds is 4. The molecule has 2 aliphatic rings. The first-order chi connectivity index (χ1) is 11.6. The lowest BCUT2D eigenvalue weighted by atomic mass is 10.2. The van der Waals surface area contributed by atoms with Gasteiger partial charge in [0.1, 0.15) is 0 Å². The van der Waals surface area contributed by atoms with E-state index in [1.807, 2.05) is 18.2 Å². The standard InChI is InChI=1S/C17H28N4O2S/c18-17-7-5-6-16(14-17)15-19-10-12-21(13-11-19)24(22,23)20-8-3-1-2-4-9-20/h5-7,14H,1-4,8-13,15,18H2. The molecule has 0 aromatic heterocycles. The molecule has 7 heteroatoms. The minimum Gasteiger partial charge on any atom is -0.399 e. The van der Waals surface area contributed by atoms with E-state index in [-0.39, 0.29) is 0 Å². The molecule has 0 atom stereocenters. The molecular formula is C17H28N4O2S. The van der Waals surface area contributed by atoms with Gasteiger partial charge in [-0.3, -0.25) is 4.90 Å². The van der Waals surface area contributed by atoms with Crippen LogP contribution in [0.15, 0.2) is 24.3 Å². The Hall–Kier alpha value is -1.15. The highest BCUT2D eigenvalue weighted by Crippen LogP contribution is 2.19. The third-order valence-corrected chi connectivity index (χ3v) is 6.94. The van der Waals surface area contributed by atoms with Crippen LogP contribution in [-0.4, -0.2) is 61.2 Å². The molecule has 2 N–H and O–H groups in total. The van der Waals surface area contributed by atoms with Crippen molar-refractivity contribution < 1.29 is 8.42 Å². The maximum atomic E-state index is 12.8. The second kappa shape index (κ2) is 7.82. The van der Waals surface area contributed by atoms with Gasteiger partial charge in [-0.05, 0) is 30.5 Å².